The van der Waals surface area contributed by atoms with Crippen molar-refractivity contribution in [1.82, 2.24) is 9.88 Å². The Bertz CT molecular complexity index is 812. The van der Waals surface area contributed by atoms with Crippen LogP contribution in [0.4, 0.5) is 5.69 Å². The molecular formula is C19H18N4OS. The molecule has 1 aromatic carbocycles. The van der Waals surface area contributed by atoms with E-state index in [9.17, 15) is 4.79 Å². The zero-order valence-electron chi connectivity index (χ0n) is 13.7. The van der Waals surface area contributed by atoms with Crippen molar-refractivity contribution in [2.24, 2.45) is 4.99 Å². The lowest BCUT2D eigenvalue weighted by molar-refractivity contribution is -0.113. The Balaban J connectivity index is 1.40. The molecule has 126 valence electrons. The van der Waals surface area contributed by atoms with Crippen LogP contribution in [-0.4, -0.2) is 47.1 Å². The van der Waals surface area contributed by atoms with Gasteiger partial charge in [0.05, 0.1) is 4.91 Å². The zero-order valence-corrected chi connectivity index (χ0v) is 14.5. The van der Waals surface area contributed by atoms with Crippen LogP contribution in [0.3, 0.4) is 0 Å². The summed E-state index contributed by atoms with van der Waals surface area (Å²) in [7, 11) is 0. The molecule has 0 unspecified atom stereocenters. The zero-order chi connectivity index (χ0) is 17.1. The predicted molar refractivity (Wildman–Crippen MR) is 102 cm³/mol. The molecule has 0 saturated carbocycles. The number of hydrogen-bond donors (Lipinski definition) is 0. The molecule has 6 heteroatoms. The minimum atomic E-state index is -0.151. The van der Waals surface area contributed by atoms with E-state index in [0.29, 0.717) is 4.91 Å². The van der Waals surface area contributed by atoms with Crippen LogP contribution in [0, 0.1) is 0 Å². The quantitative estimate of drug-likeness (QED) is 0.780. The summed E-state index contributed by atoms with van der Waals surface area (Å²) in [5, 5.41) is 0.818. The summed E-state index contributed by atoms with van der Waals surface area (Å²) in [6.07, 6.45) is 5.33. The van der Waals surface area contributed by atoms with Crippen molar-refractivity contribution in [3.8, 4) is 0 Å². The maximum absolute atomic E-state index is 12.2. The normalized spacial score (nSPS) is 19.4. The predicted octanol–water partition coefficient (Wildman–Crippen LogP) is 2.87. The second-order valence-electron chi connectivity index (χ2n) is 5.90. The lowest BCUT2D eigenvalue weighted by Crippen LogP contribution is -2.47. The molecule has 1 amide bonds. The Morgan fingerprint density at radius 1 is 0.920 bits per heavy atom. The molecule has 3 heterocycles. The smallest absolute Gasteiger partial charge is 0.286 e. The van der Waals surface area contributed by atoms with Gasteiger partial charge in [0.25, 0.3) is 5.91 Å². The number of amidine groups is 1. The maximum atomic E-state index is 12.2. The molecule has 0 N–H and O–H groups in total. The number of pyridine rings is 1. The van der Waals surface area contributed by atoms with E-state index in [1.165, 1.54) is 17.4 Å². The Labute approximate surface area is 151 Å². The topological polar surface area (TPSA) is 48.8 Å². The first-order valence-electron chi connectivity index (χ1n) is 8.27. The number of carbonyl (C=O) groups is 1. The third kappa shape index (κ3) is 3.58. The highest BCUT2D eigenvalue weighted by molar-refractivity contribution is 8.18. The van der Waals surface area contributed by atoms with Crippen molar-refractivity contribution >= 4 is 34.6 Å². The van der Waals surface area contributed by atoms with Gasteiger partial charge in [-0.3, -0.25) is 9.78 Å². The molecule has 0 atom stereocenters. The Morgan fingerprint density at radius 2 is 1.60 bits per heavy atom. The highest BCUT2D eigenvalue weighted by atomic mass is 32.2. The van der Waals surface area contributed by atoms with E-state index in [1.807, 2.05) is 24.3 Å². The summed E-state index contributed by atoms with van der Waals surface area (Å²) in [4.78, 5) is 25.7. The molecule has 2 aromatic rings. The number of benzene rings is 1. The fourth-order valence-electron chi connectivity index (χ4n) is 2.94. The van der Waals surface area contributed by atoms with Gasteiger partial charge in [0.15, 0.2) is 5.17 Å². The van der Waals surface area contributed by atoms with Crippen LogP contribution in [0.25, 0.3) is 6.08 Å². The molecule has 1 fully saturated rings. The van der Waals surface area contributed by atoms with E-state index in [-0.39, 0.29) is 5.91 Å². The first-order chi connectivity index (χ1) is 12.3. The molecule has 0 radical (unpaired) electrons. The van der Waals surface area contributed by atoms with Crippen LogP contribution >= 0.6 is 11.8 Å². The largest absolute Gasteiger partial charge is 0.368 e. The SMILES string of the molecule is O=C1N=C(N2CCN(c3ccccc3)CC2)SC1=Cc1ccncc1. The van der Waals surface area contributed by atoms with Crippen molar-refractivity contribution in [1.29, 1.82) is 0 Å². The number of nitrogens with zero attached hydrogens (tertiary/aromatic N) is 4. The number of aliphatic imine (C=N–C) groups is 1. The molecule has 4 rings (SSSR count). The van der Waals surface area contributed by atoms with Gasteiger partial charge >= 0.3 is 0 Å². The molecule has 1 aromatic heterocycles. The van der Waals surface area contributed by atoms with Gasteiger partial charge in [-0.15, -0.1) is 0 Å². The van der Waals surface area contributed by atoms with Crippen LogP contribution < -0.4 is 4.90 Å². The third-order valence-corrected chi connectivity index (χ3v) is 5.33. The fourth-order valence-corrected chi connectivity index (χ4v) is 3.90. The summed E-state index contributed by atoms with van der Waals surface area (Å²) in [5.41, 5.74) is 2.22. The molecule has 5 nitrogen and oxygen atoms in total. The molecule has 2 aliphatic rings. The lowest BCUT2D eigenvalue weighted by Gasteiger charge is -2.36. The summed E-state index contributed by atoms with van der Waals surface area (Å²) in [5.74, 6) is -0.151. The monoisotopic (exact) mass is 350 g/mol. The van der Waals surface area contributed by atoms with Crippen LogP contribution in [0.2, 0.25) is 0 Å². The number of para-hydroxylation sites is 1. The number of thioether (sulfide) groups is 1. The Hall–Kier alpha value is -2.60. The average Bonchev–Trinajstić information content (AvgIpc) is 3.04. The van der Waals surface area contributed by atoms with Crippen molar-refractivity contribution in [3.05, 3.63) is 65.3 Å². The molecule has 2 aliphatic heterocycles. The third-order valence-electron chi connectivity index (χ3n) is 4.28. The van der Waals surface area contributed by atoms with Gasteiger partial charge in [-0.1, -0.05) is 18.2 Å². The van der Waals surface area contributed by atoms with Gasteiger partial charge in [-0.05, 0) is 47.7 Å². The molecule has 0 spiro atoms. The van der Waals surface area contributed by atoms with E-state index in [2.05, 4.69) is 44.0 Å². The number of anilines is 1. The van der Waals surface area contributed by atoms with Crippen LogP contribution in [0.5, 0.6) is 0 Å². The first kappa shape index (κ1) is 15.9. The van der Waals surface area contributed by atoms with Crippen molar-refractivity contribution < 1.29 is 4.79 Å². The number of carbonyl (C=O) groups excluding carboxylic acids is 1. The number of rotatable bonds is 2. The first-order valence-corrected chi connectivity index (χ1v) is 9.09. The van der Waals surface area contributed by atoms with Gasteiger partial charge in [0.2, 0.25) is 0 Å². The van der Waals surface area contributed by atoms with E-state index in [0.717, 1.165) is 36.9 Å². The van der Waals surface area contributed by atoms with Crippen LogP contribution in [-0.2, 0) is 4.79 Å². The van der Waals surface area contributed by atoms with Gasteiger partial charge in [0, 0.05) is 44.3 Å². The maximum Gasteiger partial charge on any atom is 0.286 e. The second-order valence-corrected chi connectivity index (χ2v) is 6.91. The summed E-state index contributed by atoms with van der Waals surface area (Å²) in [6, 6.07) is 14.2. The lowest BCUT2D eigenvalue weighted by atomic mass is 10.2. The van der Waals surface area contributed by atoms with Crippen LogP contribution in [0.1, 0.15) is 5.56 Å². The van der Waals surface area contributed by atoms with Crippen LogP contribution in [0.15, 0.2) is 64.8 Å². The minimum absolute atomic E-state index is 0.151. The molecule has 25 heavy (non-hydrogen) atoms. The van der Waals surface area contributed by atoms with Crippen molar-refractivity contribution in [2.45, 2.75) is 0 Å². The van der Waals surface area contributed by atoms with Gasteiger partial charge in [-0.25, -0.2) is 0 Å². The fraction of sp³-hybridized carbons (Fsp3) is 0.211. The molecule has 1 saturated heterocycles. The van der Waals surface area contributed by atoms with Gasteiger partial charge in [0.1, 0.15) is 0 Å². The summed E-state index contributed by atoms with van der Waals surface area (Å²) >= 11 is 1.47. The molecule has 0 bridgehead atoms. The Morgan fingerprint density at radius 3 is 2.32 bits per heavy atom. The second kappa shape index (κ2) is 7.11. The van der Waals surface area contributed by atoms with E-state index in [1.54, 1.807) is 12.4 Å². The number of piperazine rings is 1. The summed E-state index contributed by atoms with van der Waals surface area (Å²) in [6.45, 7) is 3.61. The minimum Gasteiger partial charge on any atom is -0.368 e. The number of amides is 1. The van der Waals surface area contributed by atoms with Gasteiger partial charge < -0.3 is 9.80 Å². The van der Waals surface area contributed by atoms with Crippen molar-refractivity contribution in [2.75, 3.05) is 31.1 Å². The highest BCUT2D eigenvalue weighted by Gasteiger charge is 2.28. The summed E-state index contributed by atoms with van der Waals surface area (Å²) < 4.78 is 0. The van der Waals surface area contributed by atoms with E-state index in [4.69, 9.17) is 0 Å². The van der Waals surface area contributed by atoms with Crippen molar-refractivity contribution in [3.63, 3.8) is 0 Å². The van der Waals surface area contributed by atoms with E-state index < -0.39 is 0 Å². The number of hydrogen-bond acceptors (Lipinski definition) is 5. The Kier molecular flexibility index (Phi) is 4.52. The standard InChI is InChI=1S/C19H18N4OS/c24-18-17(14-15-6-8-20-9-7-15)25-19(21-18)23-12-10-22(11-13-23)16-4-2-1-3-5-16/h1-9,14H,10-13H2. The molecule has 0 aliphatic carbocycles. The number of aromatic nitrogens is 1. The molecular weight excluding hydrogens is 332 g/mol. The highest BCUT2D eigenvalue weighted by Crippen LogP contribution is 2.30. The van der Waals surface area contributed by atoms with E-state index >= 15 is 0 Å². The average molecular weight is 350 g/mol. The van der Waals surface area contributed by atoms with Gasteiger partial charge in [-0.2, -0.15) is 4.99 Å².